The maximum atomic E-state index is 6.01. The number of hydrogen-bond acceptors (Lipinski definition) is 5. The lowest BCUT2D eigenvalue weighted by molar-refractivity contribution is 0.913. The molecular formula is C11H11ClN4S. The largest absolute Gasteiger partial charge is 0.231 e. The van der Waals surface area contributed by atoms with Crippen molar-refractivity contribution in [3.63, 3.8) is 0 Å². The van der Waals surface area contributed by atoms with Crippen LogP contribution in [0.2, 0.25) is 5.15 Å². The topological polar surface area (TPSA) is 51.6 Å². The summed E-state index contributed by atoms with van der Waals surface area (Å²) in [6, 6.07) is 0. The maximum absolute atomic E-state index is 6.01. The number of hydrogen-bond donors (Lipinski definition) is 0. The van der Waals surface area contributed by atoms with E-state index in [9.17, 15) is 0 Å². The average molecular weight is 267 g/mol. The highest BCUT2D eigenvalue weighted by Gasteiger charge is 2.10. The molecule has 0 fully saturated rings. The van der Waals surface area contributed by atoms with Gasteiger partial charge in [0.2, 0.25) is 0 Å². The van der Waals surface area contributed by atoms with Crippen molar-refractivity contribution in [2.24, 2.45) is 0 Å². The molecule has 17 heavy (non-hydrogen) atoms. The third-order valence-corrected chi connectivity index (χ3v) is 3.45. The maximum Gasteiger partial charge on any atom is 0.193 e. The van der Waals surface area contributed by atoms with Gasteiger partial charge in [-0.2, -0.15) is 0 Å². The van der Waals surface area contributed by atoms with Crippen LogP contribution in [0.25, 0.3) is 0 Å². The normalized spacial score (nSPS) is 10.6. The van der Waals surface area contributed by atoms with Gasteiger partial charge in [-0.25, -0.2) is 19.9 Å². The molecule has 0 unspecified atom stereocenters. The van der Waals surface area contributed by atoms with E-state index in [1.807, 2.05) is 20.8 Å². The zero-order valence-electron chi connectivity index (χ0n) is 9.73. The van der Waals surface area contributed by atoms with E-state index in [0.717, 1.165) is 16.2 Å². The third-order valence-electron chi connectivity index (χ3n) is 2.10. The van der Waals surface area contributed by atoms with Crippen LogP contribution in [0.4, 0.5) is 0 Å². The summed E-state index contributed by atoms with van der Waals surface area (Å²) < 4.78 is 0. The summed E-state index contributed by atoms with van der Waals surface area (Å²) in [7, 11) is 0. The molecule has 0 aliphatic heterocycles. The van der Waals surface area contributed by atoms with Crippen LogP contribution in [-0.2, 0) is 0 Å². The third kappa shape index (κ3) is 2.92. The molecular weight excluding hydrogens is 256 g/mol. The molecule has 0 aromatic carbocycles. The summed E-state index contributed by atoms with van der Waals surface area (Å²) >= 11 is 7.40. The Labute approximate surface area is 109 Å². The Hall–Kier alpha value is -1.20. The SMILES string of the molecule is Cc1cnc(Sc2nc(C)nc(Cl)c2C)nc1. The Morgan fingerprint density at radius 2 is 1.71 bits per heavy atom. The molecule has 0 aliphatic carbocycles. The molecule has 0 spiro atoms. The summed E-state index contributed by atoms with van der Waals surface area (Å²) in [6.45, 7) is 5.65. The summed E-state index contributed by atoms with van der Waals surface area (Å²) in [5, 5.41) is 1.94. The highest BCUT2D eigenvalue weighted by Crippen LogP contribution is 2.28. The van der Waals surface area contributed by atoms with Crippen molar-refractivity contribution < 1.29 is 0 Å². The first kappa shape index (κ1) is 12.3. The Kier molecular flexibility index (Phi) is 3.59. The summed E-state index contributed by atoms with van der Waals surface area (Å²) in [4.78, 5) is 16.9. The molecule has 0 saturated carbocycles. The predicted octanol–water partition coefficient (Wildman–Crippen LogP) is 3.00. The molecule has 0 amide bonds. The second-order valence-electron chi connectivity index (χ2n) is 3.64. The first-order valence-corrected chi connectivity index (χ1v) is 6.23. The first-order valence-electron chi connectivity index (χ1n) is 5.03. The van der Waals surface area contributed by atoms with Crippen molar-refractivity contribution in [2.45, 2.75) is 31.0 Å². The molecule has 2 aromatic heterocycles. The quantitative estimate of drug-likeness (QED) is 0.618. The van der Waals surface area contributed by atoms with Gasteiger partial charge < -0.3 is 0 Å². The molecule has 0 bridgehead atoms. The number of aryl methyl sites for hydroxylation is 2. The van der Waals surface area contributed by atoms with Gasteiger partial charge >= 0.3 is 0 Å². The number of halogens is 1. The molecule has 0 saturated heterocycles. The molecule has 0 atom stereocenters. The van der Waals surface area contributed by atoms with Crippen molar-refractivity contribution in [2.75, 3.05) is 0 Å². The standard InChI is InChI=1S/C11H11ClN4S/c1-6-4-13-11(14-5-6)17-10-7(2)9(12)15-8(3)16-10/h4-5H,1-3H3. The zero-order chi connectivity index (χ0) is 12.4. The summed E-state index contributed by atoms with van der Waals surface area (Å²) in [5.74, 6) is 0.648. The van der Waals surface area contributed by atoms with Crippen molar-refractivity contribution in [1.82, 2.24) is 19.9 Å². The lowest BCUT2D eigenvalue weighted by atomic mass is 10.4. The lowest BCUT2D eigenvalue weighted by Crippen LogP contribution is -1.96. The Bertz CT molecular complexity index is 542. The van der Waals surface area contributed by atoms with Gasteiger partial charge in [0, 0.05) is 18.0 Å². The molecule has 0 aliphatic rings. The van der Waals surface area contributed by atoms with E-state index in [0.29, 0.717) is 16.1 Å². The second kappa shape index (κ2) is 4.98. The minimum atomic E-state index is 0.479. The Balaban J connectivity index is 2.32. The fraction of sp³-hybridized carbons (Fsp3) is 0.273. The highest BCUT2D eigenvalue weighted by molar-refractivity contribution is 7.99. The fourth-order valence-corrected chi connectivity index (χ4v) is 2.27. The molecule has 4 nitrogen and oxygen atoms in total. The smallest absolute Gasteiger partial charge is 0.193 e. The minimum absolute atomic E-state index is 0.479. The zero-order valence-corrected chi connectivity index (χ0v) is 11.3. The van der Waals surface area contributed by atoms with Crippen LogP contribution >= 0.6 is 23.4 Å². The minimum Gasteiger partial charge on any atom is -0.231 e. The molecule has 2 rings (SSSR count). The molecule has 88 valence electrons. The van der Waals surface area contributed by atoms with Crippen molar-refractivity contribution in [3.8, 4) is 0 Å². The van der Waals surface area contributed by atoms with Gasteiger partial charge in [0.1, 0.15) is 16.0 Å². The number of nitrogens with zero attached hydrogens (tertiary/aromatic N) is 4. The van der Waals surface area contributed by atoms with Gasteiger partial charge in [0.25, 0.3) is 0 Å². The number of aromatic nitrogens is 4. The van der Waals surface area contributed by atoms with E-state index >= 15 is 0 Å². The van der Waals surface area contributed by atoms with Crippen LogP contribution in [-0.4, -0.2) is 19.9 Å². The van der Waals surface area contributed by atoms with Gasteiger partial charge in [-0.15, -0.1) is 0 Å². The van der Waals surface area contributed by atoms with Gasteiger partial charge in [-0.05, 0) is 38.1 Å². The molecule has 6 heteroatoms. The van der Waals surface area contributed by atoms with Gasteiger partial charge in [-0.1, -0.05) is 11.6 Å². The van der Waals surface area contributed by atoms with Crippen LogP contribution in [0.15, 0.2) is 22.6 Å². The van der Waals surface area contributed by atoms with Crippen LogP contribution in [0.5, 0.6) is 0 Å². The Morgan fingerprint density at radius 1 is 1.06 bits per heavy atom. The average Bonchev–Trinajstić information content (AvgIpc) is 2.28. The van der Waals surface area contributed by atoms with Crippen LogP contribution in [0, 0.1) is 20.8 Å². The second-order valence-corrected chi connectivity index (χ2v) is 4.95. The highest BCUT2D eigenvalue weighted by atomic mass is 35.5. The monoisotopic (exact) mass is 266 g/mol. The van der Waals surface area contributed by atoms with E-state index in [1.54, 1.807) is 12.4 Å². The van der Waals surface area contributed by atoms with E-state index in [2.05, 4.69) is 19.9 Å². The molecule has 0 radical (unpaired) electrons. The Morgan fingerprint density at radius 3 is 2.35 bits per heavy atom. The predicted molar refractivity (Wildman–Crippen MR) is 67.4 cm³/mol. The van der Waals surface area contributed by atoms with Crippen LogP contribution < -0.4 is 0 Å². The van der Waals surface area contributed by atoms with E-state index in [-0.39, 0.29) is 0 Å². The van der Waals surface area contributed by atoms with Gasteiger partial charge in [0.15, 0.2) is 5.16 Å². The fourth-order valence-electron chi connectivity index (χ4n) is 1.19. The van der Waals surface area contributed by atoms with E-state index < -0.39 is 0 Å². The van der Waals surface area contributed by atoms with Crippen molar-refractivity contribution >= 4 is 23.4 Å². The molecule has 2 aromatic rings. The van der Waals surface area contributed by atoms with Crippen LogP contribution in [0.3, 0.4) is 0 Å². The molecule has 0 N–H and O–H groups in total. The van der Waals surface area contributed by atoms with Crippen LogP contribution in [0.1, 0.15) is 17.0 Å². The van der Waals surface area contributed by atoms with Gasteiger partial charge in [0.05, 0.1) is 0 Å². The summed E-state index contributed by atoms with van der Waals surface area (Å²) in [6.07, 6.45) is 3.56. The van der Waals surface area contributed by atoms with Crippen molar-refractivity contribution in [3.05, 3.63) is 34.5 Å². The van der Waals surface area contributed by atoms with Gasteiger partial charge in [-0.3, -0.25) is 0 Å². The van der Waals surface area contributed by atoms with Crippen molar-refractivity contribution in [1.29, 1.82) is 0 Å². The molecule has 2 heterocycles. The first-order chi connectivity index (χ1) is 8.06. The summed E-state index contributed by atoms with van der Waals surface area (Å²) in [5.41, 5.74) is 1.88. The van der Waals surface area contributed by atoms with E-state index in [1.165, 1.54) is 11.8 Å². The number of rotatable bonds is 2. The van der Waals surface area contributed by atoms with E-state index in [4.69, 9.17) is 11.6 Å². The lowest BCUT2D eigenvalue weighted by Gasteiger charge is -2.05.